The summed E-state index contributed by atoms with van der Waals surface area (Å²) in [5.41, 5.74) is 9.32. The van der Waals surface area contributed by atoms with Crippen molar-refractivity contribution in [1.29, 1.82) is 10.7 Å². The number of aromatic nitrogens is 2. The van der Waals surface area contributed by atoms with Gasteiger partial charge in [0.25, 0.3) is 0 Å². The van der Waals surface area contributed by atoms with Gasteiger partial charge in [0.2, 0.25) is 5.88 Å². The zero-order valence-electron chi connectivity index (χ0n) is 15.8. The lowest BCUT2D eigenvalue weighted by Crippen LogP contribution is -2.18. The van der Waals surface area contributed by atoms with Crippen LogP contribution in [-0.4, -0.2) is 22.8 Å². The standard InChI is InChI=1S/C21H19N5O3/c1-27-21-13(9-22)7-12-3-2-4-17(20(12)26-21)29-14-5-6-16(23)15(8-14)19(24)18-10-25-11-28-18/h5-8,10-11,17,24H,2-4,23H2,1H3. The molecule has 0 spiro atoms. The first-order valence-electron chi connectivity index (χ1n) is 9.12. The molecule has 146 valence electrons. The molecule has 3 aromatic rings. The molecule has 1 aromatic carbocycles. The van der Waals surface area contributed by atoms with Crippen molar-refractivity contribution in [2.24, 2.45) is 0 Å². The highest BCUT2D eigenvalue weighted by molar-refractivity contribution is 6.12. The number of methoxy groups -OCH3 is 1. The molecular formula is C21H19N5O3. The normalized spacial score (nSPS) is 15.2. The van der Waals surface area contributed by atoms with Gasteiger partial charge in [-0.25, -0.2) is 9.97 Å². The van der Waals surface area contributed by atoms with Gasteiger partial charge < -0.3 is 19.6 Å². The van der Waals surface area contributed by atoms with Crippen LogP contribution in [0.25, 0.3) is 0 Å². The van der Waals surface area contributed by atoms with E-state index in [1.165, 1.54) is 19.7 Å². The Morgan fingerprint density at radius 2 is 2.24 bits per heavy atom. The predicted molar refractivity (Wildman–Crippen MR) is 105 cm³/mol. The summed E-state index contributed by atoms with van der Waals surface area (Å²) in [5.74, 6) is 1.19. The summed E-state index contributed by atoms with van der Waals surface area (Å²) in [6.07, 6.45) is 5.00. The molecule has 1 aliphatic carbocycles. The van der Waals surface area contributed by atoms with Gasteiger partial charge in [0.15, 0.2) is 12.2 Å². The Morgan fingerprint density at radius 3 is 2.97 bits per heavy atom. The minimum atomic E-state index is -0.281. The molecule has 0 amide bonds. The molecule has 2 heterocycles. The van der Waals surface area contributed by atoms with E-state index in [-0.39, 0.29) is 11.8 Å². The zero-order chi connectivity index (χ0) is 20.4. The Bertz CT molecular complexity index is 1100. The topological polar surface area (TPSA) is 131 Å². The molecule has 4 rings (SSSR count). The predicted octanol–water partition coefficient (Wildman–Crippen LogP) is 3.40. The number of ether oxygens (including phenoxy) is 2. The Balaban J connectivity index is 1.65. The molecule has 8 nitrogen and oxygen atoms in total. The maximum atomic E-state index is 9.29. The van der Waals surface area contributed by atoms with Crippen LogP contribution in [0.15, 0.2) is 41.3 Å². The number of oxazole rings is 1. The smallest absolute Gasteiger partial charge is 0.231 e. The number of hydrogen-bond donors (Lipinski definition) is 2. The Morgan fingerprint density at radius 1 is 1.38 bits per heavy atom. The highest BCUT2D eigenvalue weighted by Gasteiger charge is 2.26. The van der Waals surface area contributed by atoms with Crippen molar-refractivity contribution in [3.8, 4) is 17.7 Å². The number of hydrogen-bond acceptors (Lipinski definition) is 8. The van der Waals surface area contributed by atoms with Crippen LogP contribution in [0.4, 0.5) is 5.69 Å². The Kier molecular flexibility index (Phi) is 4.87. The van der Waals surface area contributed by atoms with Crippen molar-refractivity contribution in [3.63, 3.8) is 0 Å². The molecule has 0 saturated carbocycles. The number of rotatable bonds is 5. The molecule has 3 N–H and O–H groups in total. The fourth-order valence-corrected chi connectivity index (χ4v) is 3.46. The summed E-state index contributed by atoms with van der Waals surface area (Å²) >= 11 is 0. The van der Waals surface area contributed by atoms with Crippen LogP contribution < -0.4 is 15.2 Å². The minimum Gasteiger partial charge on any atom is -0.484 e. The fraction of sp³-hybridized carbons (Fsp3) is 0.238. The van der Waals surface area contributed by atoms with Gasteiger partial charge in [-0.3, -0.25) is 5.41 Å². The first-order valence-corrected chi connectivity index (χ1v) is 9.12. The lowest BCUT2D eigenvalue weighted by Gasteiger charge is -2.26. The fourth-order valence-electron chi connectivity index (χ4n) is 3.46. The van der Waals surface area contributed by atoms with Crippen molar-refractivity contribution in [3.05, 3.63) is 65.0 Å². The highest BCUT2D eigenvalue weighted by Crippen LogP contribution is 2.35. The zero-order valence-corrected chi connectivity index (χ0v) is 15.8. The van der Waals surface area contributed by atoms with E-state index < -0.39 is 0 Å². The molecular weight excluding hydrogens is 370 g/mol. The van der Waals surface area contributed by atoms with Crippen LogP contribution in [0.1, 0.15) is 47.1 Å². The van der Waals surface area contributed by atoms with E-state index in [9.17, 15) is 5.26 Å². The van der Waals surface area contributed by atoms with Gasteiger partial charge in [0.05, 0.1) is 19.0 Å². The number of aryl methyl sites for hydroxylation is 1. The third-order valence-electron chi connectivity index (χ3n) is 4.88. The molecule has 2 aromatic heterocycles. The number of nitrogens with one attached hydrogen (secondary N) is 1. The summed E-state index contributed by atoms with van der Waals surface area (Å²) in [5, 5.41) is 17.6. The number of nitrogens with two attached hydrogens (primary N) is 1. The van der Waals surface area contributed by atoms with Gasteiger partial charge in [-0.1, -0.05) is 0 Å². The number of anilines is 1. The second-order valence-corrected chi connectivity index (χ2v) is 6.69. The van der Waals surface area contributed by atoms with E-state index in [1.54, 1.807) is 18.2 Å². The summed E-state index contributed by atoms with van der Waals surface area (Å²) in [7, 11) is 1.50. The lowest BCUT2D eigenvalue weighted by molar-refractivity contribution is 0.177. The summed E-state index contributed by atoms with van der Waals surface area (Å²) < 4.78 is 16.7. The van der Waals surface area contributed by atoms with Gasteiger partial charge in [-0.2, -0.15) is 5.26 Å². The van der Waals surface area contributed by atoms with Gasteiger partial charge in [-0.05, 0) is 49.1 Å². The largest absolute Gasteiger partial charge is 0.484 e. The molecule has 1 unspecified atom stereocenters. The van der Waals surface area contributed by atoms with Crippen LogP contribution in [-0.2, 0) is 6.42 Å². The molecule has 8 heteroatoms. The maximum absolute atomic E-state index is 9.29. The van der Waals surface area contributed by atoms with E-state index in [4.69, 9.17) is 25.0 Å². The number of benzene rings is 1. The number of pyridine rings is 1. The van der Waals surface area contributed by atoms with Crippen molar-refractivity contribution < 1.29 is 13.9 Å². The quantitative estimate of drug-likeness (QED) is 0.505. The summed E-state index contributed by atoms with van der Waals surface area (Å²) in [6.45, 7) is 0. The average molecular weight is 389 g/mol. The highest BCUT2D eigenvalue weighted by atomic mass is 16.5. The van der Waals surface area contributed by atoms with Crippen LogP contribution >= 0.6 is 0 Å². The van der Waals surface area contributed by atoms with E-state index in [0.29, 0.717) is 34.2 Å². The molecule has 0 aliphatic heterocycles. The Hall–Kier alpha value is -3.86. The number of fused-ring (bicyclic) bond motifs is 1. The van der Waals surface area contributed by atoms with E-state index in [0.717, 1.165) is 30.5 Å². The number of nitrogens with zero attached hydrogens (tertiary/aromatic N) is 3. The lowest BCUT2D eigenvalue weighted by atomic mass is 9.92. The summed E-state index contributed by atoms with van der Waals surface area (Å²) in [6, 6.07) is 9.13. The van der Waals surface area contributed by atoms with Crippen molar-refractivity contribution in [2.45, 2.75) is 25.4 Å². The van der Waals surface area contributed by atoms with E-state index >= 15 is 0 Å². The first-order chi connectivity index (χ1) is 14.1. The second-order valence-electron chi connectivity index (χ2n) is 6.69. The van der Waals surface area contributed by atoms with Crippen molar-refractivity contribution in [2.75, 3.05) is 12.8 Å². The number of nitriles is 1. The first kappa shape index (κ1) is 18.5. The average Bonchev–Trinajstić information content (AvgIpc) is 3.28. The maximum Gasteiger partial charge on any atom is 0.231 e. The van der Waals surface area contributed by atoms with Gasteiger partial charge in [0.1, 0.15) is 29.2 Å². The molecule has 29 heavy (non-hydrogen) atoms. The van der Waals surface area contributed by atoms with Crippen LogP contribution in [0, 0.1) is 16.7 Å². The molecule has 0 bridgehead atoms. The van der Waals surface area contributed by atoms with Crippen LogP contribution in [0.3, 0.4) is 0 Å². The third-order valence-corrected chi connectivity index (χ3v) is 4.88. The molecule has 0 fully saturated rings. The van der Waals surface area contributed by atoms with Crippen LogP contribution in [0.2, 0.25) is 0 Å². The van der Waals surface area contributed by atoms with Gasteiger partial charge >= 0.3 is 0 Å². The van der Waals surface area contributed by atoms with Gasteiger partial charge in [-0.15, -0.1) is 0 Å². The molecule has 1 atom stereocenters. The SMILES string of the molecule is COc1nc2c(cc1C#N)CCCC2Oc1ccc(N)c(C(=N)c2cnco2)c1. The van der Waals surface area contributed by atoms with Crippen molar-refractivity contribution >= 4 is 11.4 Å². The molecule has 0 saturated heterocycles. The van der Waals surface area contributed by atoms with Crippen molar-refractivity contribution in [1.82, 2.24) is 9.97 Å². The van der Waals surface area contributed by atoms with E-state index in [2.05, 4.69) is 16.0 Å². The van der Waals surface area contributed by atoms with Crippen LogP contribution in [0.5, 0.6) is 11.6 Å². The number of nitrogen functional groups attached to an aromatic ring is 1. The Labute approximate surface area is 167 Å². The van der Waals surface area contributed by atoms with Gasteiger partial charge in [0, 0.05) is 11.3 Å². The monoisotopic (exact) mass is 389 g/mol. The van der Waals surface area contributed by atoms with E-state index in [1.807, 2.05) is 6.07 Å². The third kappa shape index (κ3) is 3.50. The second kappa shape index (κ2) is 7.64. The summed E-state index contributed by atoms with van der Waals surface area (Å²) in [4.78, 5) is 8.38. The molecule has 0 radical (unpaired) electrons. The molecule has 1 aliphatic rings. The minimum absolute atomic E-state index is 0.132.